The maximum absolute atomic E-state index is 14.9. The Morgan fingerprint density at radius 1 is 0.264 bits per heavy atom. The van der Waals surface area contributed by atoms with Gasteiger partial charge in [-0.05, 0) is 127 Å². The minimum absolute atomic E-state index is 0.0606. The summed E-state index contributed by atoms with van der Waals surface area (Å²) in [4.78, 5) is 4.37. The number of halogens is 6. The molecule has 2 nitrogen and oxygen atoms in total. The zero-order chi connectivity index (χ0) is 49.4. The minimum atomic E-state index is -5.29. The van der Waals surface area contributed by atoms with E-state index in [1.807, 2.05) is 158 Å². The summed E-state index contributed by atoms with van der Waals surface area (Å²) in [5.41, 5.74) is 5.09. The number of anilines is 6. The summed E-state index contributed by atoms with van der Waals surface area (Å²) < 4.78 is 89.3. The lowest BCUT2D eigenvalue weighted by atomic mass is 9.89. The first-order valence-electron chi connectivity index (χ1n) is 23.4. The lowest BCUT2D eigenvalue weighted by Crippen LogP contribution is -2.18. The average molecular weight is 953 g/mol. The Bertz CT molecular complexity index is 3560. The summed E-state index contributed by atoms with van der Waals surface area (Å²) in [5, 5.41) is 3.46. The van der Waals surface area contributed by atoms with E-state index >= 15 is 0 Å². The number of benzene rings is 11. The zero-order valence-electron chi connectivity index (χ0n) is 38.4. The van der Waals surface area contributed by atoms with Gasteiger partial charge < -0.3 is 9.80 Å². The quantitative estimate of drug-likeness (QED) is 0.0766. The van der Waals surface area contributed by atoms with Crippen LogP contribution >= 0.6 is 0 Å². The van der Waals surface area contributed by atoms with E-state index in [4.69, 9.17) is 0 Å². The molecule has 72 heavy (non-hydrogen) atoms. The molecule has 11 aromatic carbocycles. The monoisotopic (exact) mass is 952 g/mol. The van der Waals surface area contributed by atoms with Crippen molar-refractivity contribution in [1.29, 1.82) is 0 Å². The number of rotatable bonds is 10. The molecule has 0 heterocycles. The third kappa shape index (κ3) is 8.95. The van der Waals surface area contributed by atoms with Crippen LogP contribution < -0.4 is 9.80 Å². The second-order valence-electron chi connectivity index (χ2n) is 17.5. The first kappa shape index (κ1) is 45.6. The summed E-state index contributed by atoms with van der Waals surface area (Å²) in [6.45, 7) is 0. The van der Waals surface area contributed by atoms with Crippen LogP contribution in [0.1, 0.15) is 33.4 Å². The van der Waals surface area contributed by atoms with E-state index in [2.05, 4.69) is 58.3 Å². The molecule has 350 valence electrons. The second kappa shape index (κ2) is 18.8. The lowest BCUT2D eigenvalue weighted by Gasteiger charge is -2.27. The molecular formula is C64H42F6N2. The molecule has 0 N–H and O–H groups in total. The van der Waals surface area contributed by atoms with Crippen molar-refractivity contribution in [3.8, 4) is 0 Å². The van der Waals surface area contributed by atoms with Gasteiger partial charge in [-0.1, -0.05) is 182 Å². The first-order valence-corrected chi connectivity index (χ1v) is 23.4. The van der Waals surface area contributed by atoms with Crippen molar-refractivity contribution in [2.75, 3.05) is 9.80 Å². The largest absolute Gasteiger partial charge is 0.417 e. The summed E-state index contributed by atoms with van der Waals surface area (Å²) in [5.74, 6) is 0. The average Bonchev–Trinajstić information content (AvgIpc) is 3.40. The number of alkyl halides is 6. The minimum Gasteiger partial charge on any atom is -0.310 e. The highest BCUT2D eigenvalue weighted by Gasteiger charge is 2.46. The maximum Gasteiger partial charge on any atom is 0.417 e. The topological polar surface area (TPSA) is 6.48 Å². The summed E-state index contributed by atoms with van der Waals surface area (Å²) in [6.07, 6.45) is -3.37. The van der Waals surface area contributed by atoms with Gasteiger partial charge in [0.25, 0.3) is 0 Å². The summed E-state index contributed by atoms with van der Waals surface area (Å²) in [6, 6.07) is 73.0. The fourth-order valence-electron chi connectivity index (χ4n) is 9.74. The highest BCUT2D eigenvalue weighted by molar-refractivity contribution is 6.12. The number of para-hydroxylation sites is 2. The van der Waals surface area contributed by atoms with Crippen molar-refractivity contribution in [3.05, 3.63) is 264 Å². The predicted octanol–water partition coefficient (Wildman–Crippen LogP) is 19.6. The number of nitrogens with zero attached hydrogens (tertiary/aromatic N) is 2. The number of hydrogen-bond donors (Lipinski definition) is 0. The third-order valence-corrected chi connectivity index (χ3v) is 13.0. The lowest BCUT2D eigenvalue weighted by molar-refractivity contribution is -0.160. The predicted molar refractivity (Wildman–Crippen MR) is 287 cm³/mol. The molecule has 11 rings (SSSR count). The highest BCUT2D eigenvalue weighted by atomic mass is 19.4. The molecule has 11 aromatic rings. The molecule has 0 saturated carbocycles. The molecular weight excluding hydrogens is 911 g/mol. The van der Waals surface area contributed by atoms with Crippen LogP contribution in [0.2, 0.25) is 0 Å². The highest BCUT2D eigenvalue weighted by Crippen LogP contribution is 2.49. The van der Waals surface area contributed by atoms with Gasteiger partial charge in [-0.25, -0.2) is 0 Å². The van der Waals surface area contributed by atoms with Crippen LogP contribution in [0.25, 0.3) is 67.4 Å². The maximum atomic E-state index is 14.9. The first-order chi connectivity index (χ1) is 35.0. The molecule has 0 amide bonds. The van der Waals surface area contributed by atoms with Gasteiger partial charge in [0.05, 0.1) is 22.5 Å². The van der Waals surface area contributed by atoms with Crippen molar-refractivity contribution in [3.63, 3.8) is 0 Å². The molecule has 0 aliphatic heterocycles. The Kier molecular flexibility index (Phi) is 11.9. The van der Waals surface area contributed by atoms with E-state index in [-0.39, 0.29) is 10.8 Å². The molecule has 0 aliphatic carbocycles. The van der Waals surface area contributed by atoms with Crippen LogP contribution in [0.5, 0.6) is 0 Å². The van der Waals surface area contributed by atoms with Gasteiger partial charge in [-0.3, -0.25) is 0 Å². The van der Waals surface area contributed by atoms with Crippen LogP contribution in [0.15, 0.2) is 231 Å². The fourth-order valence-corrected chi connectivity index (χ4v) is 9.74. The van der Waals surface area contributed by atoms with Gasteiger partial charge in [-0.15, -0.1) is 0 Å². The van der Waals surface area contributed by atoms with Crippen molar-refractivity contribution >= 4 is 102 Å². The molecule has 0 radical (unpaired) electrons. The third-order valence-electron chi connectivity index (χ3n) is 13.0. The fraction of sp³-hybridized carbons (Fsp3) is 0.0312. The molecule has 0 atom stereocenters. The SMILES string of the molecule is FC(F)(F)c1c(C(F)(F)F)c2ccc(/C=C/c3ccc(N(c4ccccc4)c4cccc5ccccc45)cc3)cc2c2cc(/C=C\c3ccc(N(c4ccccc4)c4cccc5ccccc45)cc3)ccc12. The van der Waals surface area contributed by atoms with E-state index in [9.17, 15) is 26.3 Å². The van der Waals surface area contributed by atoms with E-state index in [1.165, 1.54) is 24.3 Å². The van der Waals surface area contributed by atoms with Gasteiger partial charge >= 0.3 is 12.4 Å². The molecule has 0 bridgehead atoms. The second-order valence-corrected chi connectivity index (χ2v) is 17.5. The van der Waals surface area contributed by atoms with Gasteiger partial charge in [0.2, 0.25) is 0 Å². The molecule has 8 heteroatoms. The number of fused-ring (bicyclic) bond motifs is 5. The molecule has 0 spiro atoms. The standard InChI is InChI=1S/C64H42F6N2/c65-63(66,67)61-55-39-33-45(27-25-43-29-35-51(36-30-43)71(49-17-3-1-4-18-49)59-23-11-15-47-13-7-9-21-53(47)59)41-57(55)58-42-46(34-40-56(58)62(61)64(68,69)70)28-26-44-31-37-52(38-32-44)72(50-19-5-2-6-20-50)60-24-12-16-48-14-8-10-22-54(48)60/h1-42H/b27-25-,28-26+. The zero-order valence-corrected chi connectivity index (χ0v) is 38.4. The summed E-state index contributed by atoms with van der Waals surface area (Å²) >= 11 is 0. The van der Waals surface area contributed by atoms with Gasteiger partial charge in [0, 0.05) is 33.5 Å². The van der Waals surface area contributed by atoms with Crippen LogP contribution in [0.4, 0.5) is 60.5 Å². The normalized spacial score (nSPS) is 12.2. The van der Waals surface area contributed by atoms with Crippen molar-refractivity contribution in [1.82, 2.24) is 0 Å². The van der Waals surface area contributed by atoms with E-state index < -0.39 is 34.3 Å². The summed E-state index contributed by atoms with van der Waals surface area (Å²) in [7, 11) is 0. The van der Waals surface area contributed by atoms with Gasteiger partial charge in [0.1, 0.15) is 0 Å². The Morgan fingerprint density at radius 3 is 0.972 bits per heavy atom. The Balaban J connectivity index is 0.939. The molecule has 0 aromatic heterocycles. The molecule has 0 fully saturated rings. The Morgan fingerprint density at radius 2 is 0.583 bits per heavy atom. The Labute approximate surface area is 412 Å². The molecule has 0 saturated heterocycles. The van der Waals surface area contributed by atoms with Gasteiger partial charge in [0.15, 0.2) is 0 Å². The van der Waals surface area contributed by atoms with Crippen molar-refractivity contribution < 1.29 is 26.3 Å². The van der Waals surface area contributed by atoms with Crippen LogP contribution in [0.3, 0.4) is 0 Å². The van der Waals surface area contributed by atoms with E-state index in [0.29, 0.717) is 11.1 Å². The van der Waals surface area contributed by atoms with Crippen LogP contribution in [0, 0.1) is 0 Å². The molecule has 0 unspecified atom stereocenters. The smallest absolute Gasteiger partial charge is 0.310 e. The Hall–Kier alpha value is -8.88. The van der Waals surface area contributed by atoms with E-state index in [0.717, 1.165) is 78.9 Å². The number of hydrogen-bond acceptors (Lipinski definition) is 2. The van der Waals surface area contributed by atoms with Crippen molar-refractivity contribution in [2.24, 2.45) is 0 Å². The van der Waals surface area contributed by atoms with Crippen LogP contribution in [-0.4, -0.2) is 0 Å². The van der Waals surface area contributed by atoms with Crippen molar-refractivity contribution in [2.45, 2.75) is 12.4 Å². The van der Waals surface area contributed by atoms with Gasteiger partial charge in [-0.2, -0.15) is 26.3 Å². The van der Waals surface area contributed by atoms with E-state index in [1.54, 1.807) is 12.2 Å². The van der Waals surface area contributed by atoms with Crippen LogP contribution in [-0.2, 0) is 12.4 Å². The molecule has 0 aliphatic rings.